The fraction of sp³-hybridized carbons (Fsp3) is 0.552. The van der Waals surface area contributed by atoms with Crippen molar-refractivity contribution in [3.8, 4) is 5.75 Å². The second kappa shape index (κ2) is 42.8. The Morgan fingerprint density at radius 3 is 2.13 bits per heavy atom. The van der Waals surface area contributed by atoms with Crippen molar-refractivity contribution in [2.24, 2.45) is 0 Å². The van der Waals surface area contributed by atoms with E-state index in [9.17, 15) is 33.9 Å². The van der Waals surface area contributed by atoms with E-state index in [1.54, 1.807) is 79.7 Å². The van der Waals surface area contributed by atoms with E-state index < -0.39 is 132 Å². The predicted molar refractivity (Wildman–Crippen MR) is 436 cm³/mol. The van der Waals surface area contributed by atoms with Gasteiger partial charge in [-0.3, -0.25) is 57.5 Å². The van der Waals surface area contributed by atoms with Gasteiger partial charge in [0, 0.05) is 121 Å². The molecule has 6 aliphatic heterocycles. The van der Waals surface area contributed by atoms with E-state index in [0.29, 0.717) is 104 Å². The predicted octanol–water partition coefficient (Wildman–Crippen LogP) is 4.65. The Bertz CT molecular complexity index is 4310. The summed E-state index contributed by atoms with van der Waals surface area (Å²) in [5, 5.41) is 34.6. The number of aliphatic hydroxyl groups excluding tert-OH is 1. The molecule has 0 spiro atoms. The third kappa shape index (κ3) is 25.2. The van der Waals surface area contributed by atoms with Gasteiger partial charge >= 0.3 is 0 Å². The smallest absolute Gasteiger partial charge is 0.246 e. The number of aryl methyl sites for hydroxylation is 1. The van der Waals surface area contributed by atoms with Crippen molar-refractivity contribution in [3.05, 3.63) is 144 Å². The van der Waals surface area contributed by atoms with Crippen LogP contribution >= 0.6 is 0 Å². The first kappa shape index (κ1) is 90.7. The molecule has 7 heterocycles. The van der Waals surface area contributed by atoms with E-state index in [4.69, 9.17) is 14.2 Å². The fourth-order valence-electron chi connectivity index (χ4n) is 16.3. The molecule has 29 nitrogen and oxygen atoms in total. The molecule has 6 aliphatic rings. The summed E-state index contributed by atoms with van der Waals surface area (Å²) >= 11 is 0. The van der Waals surface area contributed by atoms with Gasteiger partial charge in [0.15, 0.2) is 0 Å². The summed E-state index contributed by atoms with van der Waals surface area (Å²) in [6.07, 6.45) is 3.75. The maximum absolute atomic E-state index is 16.3. The molecular weight excluding hydrogens is 1500 g/mol. The average Bonchev–Trinajstić information content (AvgIpc) is 1.62. The van der Waals surface area contributed by atoms with Gasteiger partial charge in [-0.15, -0.1) is 0 Å². The fourth-order valence-corrected chi connectivity index (χ4v) is 16.3. The summed E-state index contributed by atoms with van der Waals surface area (Å²) in [6, 6.07) is 14.3. The van der Waals surface area contributed by atoms with Crippen LogP contribution in [0.4, 0.5) is 4.39 Å². The summed E-state index contributed by atoms with van der Waals surface area (Å²) in [7, 11) is 7.45. The van der Waals surface area contributed by atoms with Gasteiger partial charge < -0.3 is 93.0 Å². The number of Topliss-reactive ketones (excluding diaryl/α,β-unsaturated/α-hetero) is 1. The summed E-state index contributed by atoms with van der Waals surface area (Å²) in [5.41, 5.74) is 2.81. The zero-order valence-corrected chi connectivity index (χ0v) is 69.0. The molecule has 117 heavy (non-hydrogen) atoms. The van der Waals surface area contributed by atoms with Crippen LogP contribution in [0.15, 0.2) is 97.2 Å². The first-order valence-corrected chi connectivity index (χ1v) is 41.0. The van der Waals surface area contributed by atoms with E-state index >= 15 is 33.2 Å². The maximum atomic E-state index is 16.3. The van der Waals surface area contributed by atoms with Crippen molar-refractivity contribution >= 4 is 81.7 Å². The highest BCUT2D eigenvalue weighted by atomic mass is 19.1. The number of carbonyl (C=O) groups excluding carboxylic acids is 12. The van der Waals surface area contributed by atoms with Gasteiger partial charge in [-0.25, -0.2) is 4.39 Å². The molecule has 4 aromatic carbocycles. The Hall–Kier alpha value is -10.2. The van der Waals surface area contributed by atoms with Crippen LogP contribution in [0.1, 0.15) is 157 Å². The number of ketones is 1. The van der Waals surface area contributed by atoms with Crippen molar-refractivity contribution in [1.29, 1.82) is 0 Å². The number of carbonyl (C=O) groups is 12. The molecule has 12 bridgehead atoms. The number of methoxy groups -OCH3 is 2. The quantitative estimate of drug-likeness (QED) is 0.0347. The Labute approximate surface area is 685 Å². The van der Waals surface area contributed by atoms with Crippen LogP contribution in [0.5, 0.6) is 5.75 Å². The SMILES string of the molecule is COCCC[N+](C)(C)CCCCCC(=O)CC[C@H]1NC(=O)[C@H](C)NC(=O)CCC(=O)N2CCCCCCn3cc(c4cc(F)ccc43)C[C@@H]3NC(=O)[C@H](Cc4cccc(c4)CNC(=O)CO[C@H]4CCN(C3=O)[C@@H]4C(=O)N[C@@H]([C@@H](C)O)C(=O)N[C@@H](Cc3ccc(OC)cc3)C(=O)N3CCC[C@@]3(C)C(=O)NCCc3ccc(cc3)C2)NC1=O.[CH3-]. The third-order valence-electron chi connectivity index (χ3n) is 23.1. The molecule has 2 saturated heterocycles. The molecule has 1 aromatic heterocycles. The number of halogens is 1. The number of aromatic nitrogens is 1. The average molecular weight is 1620 g/mol. The zero-order valence-electron chi connectivity index (χ0n) is 69.0. The lowest BCUT2D eigenvalue weighted by Gasteiger charge is -2.37. The number of unbranched alkanes of at least 4 members (excludes halogenated alkanes) is 2. The van der Waals surface area contributed by atoms with Gasteiger partial charge in [0.25, 0.3) is 0 Å². The van der Waals surface area contributed by atoms with Crippen molar-refractivity contribution in [2.45, 2.75) is 229 Å². The number of hydrogen-bond acceptors (Lipinski definition) is 16. The Balaban J connectivity index is 0.0000156. The monoisotopic (exact) mass is 1620 g/mol. The molecule has 9 N–H and O–H groups in total. The van der Waals surface area contributed by atoms with Crippen molar-refractivity contribution in [3.63, 3.8) is 0 Å². The van der Waals surface area contributed by atoms with Crippen LogP contribution in [-0.2, 0) is 112 Å². The number of aliphatic hydroxyl groups is 1. The summed E-state index contributed by atoms with van der Waals surface area (Å²) in [5.74, 6) is -8.59. The van der Waals surface area contributed by atoms with Crippen molar-refractivity contribution in [2.75, 3.05) is 80.8 Å². The Morgan fingerprint density at radius 1 is 0.667 bits per heavy atom. The summed E-state index contributed by atoms with van der Waals surface area (Å²) < 4.78 is 35.6. The topological polar surface area (TPSA) is 364 Å². The van der Waals surface area contributed by atoms with Crippen LogP contribution in [0.25, 0.3) is 10.9 Å². The van der Waals surface area contributed by atoms with Gasteiger partial charge in [-0.2, -0.15) is 0 Å². The Morgan fingerprint density at radius 2 is 1.38 bits per heavy atom. The molecule has 0 saturated carbocycles. The van der Waals surface area contributed by atoms with Crippen LogP contribution in [-0.4, -0.2) is 240 Å². The number of amides is 11. The third-order valence-corrected chi connectivity index (χ3v) is 23.1. The second-order valence-corrected chi connectivity index (χ2v) is 32.5. The van der Waals surface area contributed by atoms with E-state index in [2.05, 4.69) is 56.6 Å². The van der Waals surface area contributed by atoms with E-state index in [0.717, 1.165) is 52.9 Å². The zero-order chi connectivity index (χ0) is 83.2. The summed E-state index contributed by atoms with van der Waals surface area (Å²) in [6.45, 7) is 7.00. The minimum atomic E-state index is -1.85. The molecule has 30 heteroatoms. The molecule has 0 unspecified atom stereocenters. The van der Waals surface area contributed by atoms with Crippen LogP contribution < -0.4 is 47.3 Å². The lowest BCUT2D eigenvalue weighted by atomic mass is 9.95. The number of hydrogen-bond donors (Lipinski definition) is 9. The first-order chi connectivity index (χ1) is 55.6. The van der Waals surface area contributed by atoms with Crippen LogP contribution in [0.3, 0.4) is 0 Å². The normalized spacial score (nSPS) is 24.3. The van der Waals surface area contributed by atoms with Crippen LogP contribution in [0.2, 0.25) is 0 Å². The number of nitrogens with one attached hydrogen (secondary N) is 8. The molecule has 10 atom stereocenters. The minimum absolute atomic E-state index is 0. The highest BCUT2D eigenvalue weighted by molar-refractivity contribution is 6.00. The standard InChI is InChI=1S/C86H116FN13O16.CH3/c1-55-78(106)91-67(31-28-64(102)20-11-10-14-43-100(4,5)44-17-45-114-6)79(107)92-68-48-60-18-15-19-61(46-60)51-89-74(104)54-116-72-36-42-98-77(72)82(110)95-76(56(2)101)81(109)94-69(47-58-25-29-65(115-7)30-26-58)84(112)99-41-16-37-86(99,3)85(113)88-38-35-57-21-23-59(24-22-57)52-97(75(105)34-33-73(103)90-55)40-13-9-8-12-39-96-53-62(49-70(83(98)111)93-80(68)108)66-50-63(87)27-32-71(66)96;/h15,18-19,21-27,29-30,32,46,50,53,55-56,67-70,72,76-77,101H,8-14,16-17,20,28,31,33-45,47-49,51-52,54H2,1-7H3,(H7-,88,89,90,91,92,93,94,95,103,104,106,107,108,109,110,113);1H3/q;-1/p+1/t55-,56+,67+,68-,69-,70-,72-,76-,77-,86-;/m0./s1. The number of ether oxygens (including phenoxy) is 3. The Kier molecular flexibility index (Phi) is 33.2. The highest BCUT2D eigenvalue weighted by Crippen LogP contribution is 2.33. The molecule has 5 aromatic rings. The lowest BCUT2D eigenvalue weighted by Crippen LogP contribution is -2.64. The van der Waals surface area contributed by atoms with Gasteiger partial charge in [0.2, 0.25) is 65.0 Å². The van der Waals surface area contributed by atoms with Crippen molar-refractivity contribution < 1.29 is 85.7 Å². The number of nitrogens with zero attached hydrogens (tertiary/aromatic N) is 5. The molecular formula is C87H120FN13O16. The number of quaternary nitrogens is 1. The van der Waals surface area contributed by atoms with E-state index in [1.165, 1.54) is 38.0 Å². The molecule has 0 radical (unpaired) electrons. The molecule has 2 fully saturated rings. The molecule has 11 rings (SSSR count). The maximum Gasteiger partial charge on any atom is 0.246 e. The van der Waals surface area contributed by atoms with Crippen molar-refractivity contribution in [1.82, 2.24) is 61.8 Å². The molecule has 636 valence electrons. The van der Waals surface area contributed by atoms with Crippen LogP contribution in [0, 0.1) is 13.2 Å². The number of fused-ring (bicyclic) bond motifs is 16. The van der Waals surface area contributed by atoms with Gasteiger partial charge in [0.05, 0.1) is 53.1 Å². The first-order valence-electron chi connectivity index (χ1n) is 41.0. The number of rotatable bonds is 17. The second-order valence-electron chi connectivity index (χ2n) is 32.5. The molecule has 11 amide bonds. The lowest BCUT2D eigenvalue weighted by molar-refractivity contribution is -0.890. The van der Waals surface area contributed by atoms with E-state index in [-0.39, 0.29) is 116 Å². The van der Waals surface area contributed by atoms with E-state index in [1.807, 2.05) is 28.8 Å². The minimum Gasteiger partial charge on any atom is -0.497 e. The highest BCUT2D eigenvalue weighted by Gasteiger charge is 2.50. The summed E-state index contributed by atoms with van der Waals surface area (Å²) in [4.78, 5) is 183. The van der Waals surface area contributed by atoms with Gasteiger partial charge in [-0.1, -0.05) is 73.5 Å². The van der Waals surface area contributed by atoms with Gasteiger partial charge in [-0.05, 0) is 149 Å². The number of benzene rings is 4. The molecule has 0 aliphatic carbocycles. The van der Waals surface area contributed by atoms with Gasteiger partial charge in [0.1, 0.15) is 71.8 Å². The largest absolute Gasteiger partial charge is 0.497 e.